The number of rotatable bonds is 0. The Morgan fingerprint density at radius 2 is 1.56 bits per heavy atom. The topological polar surface area (TPSA) is 46.2 Å². The molecule has 1 aromatic rings. The number of hydrogen-bond acceptors (Lipinski definition) is 5. The van der Waals surface area contributed by atoms with Gasteiger partial charge in [0.15, 0.2) is 0 Å². The summed E-state index contributed by atoms with van der Waals surface area (Å²) in [6.07, 6.45) is 2.26. The summed E-state index contributed by atoms with van der Waals surface area (Å²) in [6.45, 7) is 2.66. The Balaban J connectivity index is 1.92. The van der Waals surface area contributed by atoms with Crippen molar-refractivity contribution in [2.75, 3.05) is 19.4 Å². The van der Waals surface area contributed by atoms with Gasteiger partial charge in [-0.1, -0.05) is 0 Å². The van der Waals surface area contributed by atoms with E-state index < -0.39 is 7.08 Å². The summed E-state index contributed by atoms with van der Waals surface area (Å²) in [4.78, 5) is 0. The molecule has 4 rings (SSSR count). The van der Waals surface area contributed by atoms with Crippen LogP contribution in [0, 0.1) is 0 Å². The van der Waals surface area contributed by atoms with Crippen LogP contribution in [0.15, 0.2) is 36.1 Å². The predicted molar refractivity (Wildman–Crippen MR) is 66.2 cm³/mol. The van der Waals surface area contributed by atoms with Gasteiger partial charge in [-0.2, -0.15) is 0 Å². The van der Waals surface area contributed by atoms with Crippen molar-refractivity contribution in [2.24, 2.45) is 0 Å². The molecule has 0 N–H and O–H groups in total. The van der Waals surface area contributed by atoms with Crippen molar-refractivity contribution in [1.29, 1.82) is 0 Å². The molecule has 0 aliphatic carbocycles. The molecule has 1 aromatic carbocycles. The van der Waals surface area contributed by atoms with Gasteiger partial charge in [0.25, 0.3) is 0 Å². The quantitative estimate of drug-likeness (QED) is 0.677. The average molecular weight is 269 g/mol. The maximum atomic E-state index is 6.06. The standard InChI is InChI=1S/C12H14O5P/c1-10-6-9-18(15-10,13-7-8-14-18)16-11-4-2-3-5-12(11)17-18/h2-6H,7-9H2,1H3/q-1. The molecule has 6 heteroatoms. The van der Waals surface area contributed by atoms with Crippen LogP contribution >= 0.6 is 7.08 Å². The Morgan fingerprint density at radius 1 is 0.944 bits per heavy atom. The molecule has 18 heavy (non-hydrogen) atoms. The molecule has 0 atom stereocenters. The van der Waals surface area contributed by atoms with E-state index in [9.17, 15) is 0 Å². The zero-order valence-electron chi connectivity index (χ0n) is 10.00. The van der Waals surface area contributed by atoms with Crippen LogP contribution in [0.2, 0.25) is 0 Å². The van der Waals surface area contributed by atoms with E-state index in [0.29, 0.717) is 36.6 Å². The minimum atomic E-state index is -4.55. The van der Waals surface area contributed by atoms with Crippen molar-refractivity contribution in [1.82, 2.24) is 0 Å². The summed E-state index contributed by atoms with van der Waals surface area (Å²) in [5.41, 5.74) is 0. The van der Waals surface area contributed by atoms with Crippen molar-refractivity contribution in [3.63, 3.8) is 0 Å². The molecule has 0 amide bonds. The van der Waals surface area contributed by atoms with E-state index in [-0.39, 0.29) is 0 Å². The van der Waals surface area contributed by atoms with E-state index in [4.69, 9.17) is 22.6 Å². The van der Waals surface area contributed by atoms with Gasteiger partial charge in [0.05, 0.1) is 0 Å². The van der Waals surface area contributed by atoms with Gasteiger partial charge >= 0.3 is 104 Å². The van der Waals surface area contributed by atoms with Gasteiger partial charge in [-0.3, -0.25) is 0 Å². The third-order valence-corrected chi connectivity index (χ3v) is 7.92. The third-order valence-electron chi connectivity index (χ3n) is 3.45. The zero-order chi connectivity index (χ0) is 12.3. The average Bonchev–Trinajstić information content (AvgIpc) is 2.96. The van der Waals surface area contributed by atoms with Crippen molar-refractivity contribution >= 4 is 7.08 Å². The number of hydrogen-bond donors (Lipinski definition) is 0. The number of allylic oxidation sites excluding steroid dienone is 2. The summed E-state index contributed by atoms with van der Waals surface area (Å²) >= 11 is 0. The number of benzene rings is 1. The molecular formula is C12H14O5P-. The number of fused-ring (bicyclic) bond motifs is 1. The summed E-state index contributed by atoms with van der Waals surface area (Å²) < 4.78 is 29.8. The number of para-hydroxylation sites is 2. The zero-order valence-corrected chi connectivity index (χ0v) is 10.9. The van der Waals surface area contributed by atoms with Crippen LogP contribution in [0.5, 0.6) is 11.5 Å². The Labute approximate surface area is 104 Å². The van der Waals surface area contributed by atoms with Crippen LogP contribution in [0.4, 0.5) is 0 Å². The SMILES string of the molecule is CC1=CC[P-]23(OCCO2)(O1)Oc1ccccc1O3. The fourth-order valence-electron chi connectivity index (χ4n) is 2.72. The molecule has 3 aliphatic rings. The van der Waals surface area contributed by atoms with Crippen molar-refractivity contribution < 1.29 is 22.6 Å². The Morgan fingerprint density at radius 3 is 2.06 bits per heavy atom. The summed E-state index contributed by atoms with van der Waals surface area (Å²) in [7, 11) is -4.55. The molecule has 0 saturated carbocycles. The molecule has 5 nitrogen and oxygen atoms in total. The monoisotopic (exact) mass is 269 g/mol. The first-order chi connectivity index (χ1) is 8.59. The molecule has 0 unspecified atom stereocenters. The molecule has 0 aromatic heterocycles. The van der Waals surface area contributed by atoms with Gasteiger partial charge in [0.2, 0.25) is 0 Å². The second-order valence-electron chi connectivity index (χ2n) is 4.78. The fourth-order valence-corrected chi connectivity index (χ4v) is 7.26. The van der Waals surface area contributed by atoms with E-state index in [1.165, 1.54) is 0 Å². The van der Waals surface area contributed by atoms with E-state index in [1.54, 1.807) is 0 Å². The maximum absolute atomic E-state index is 6.06. The third kappa shape index (κ3) is 1.03. The van der Waals surface area contributed by atoms with Gasteiger partial charge in [0, 0.05) is 0 Å². The van der Waals surface area contributed by atoms with E-state index >= 15 is 0 Å². The van der Waals surface area contributed by atoms with Gasteiger partial charge in [0.1, 0.15) is 0 Å². The van der Waals surface area contributed by atoms with Crippen LogP contribution in [-0.2, 0) is 13.6 Å². The normalized spacial score (nSPS) is 32.2. The van der Waals surface area contributed by atoms with Crippen LogP contribution in [-0.4, -0.2) is 19.4 Å². The van der Waals surface area contributed by atoms with Crippen LogP contribution in [0.25, 0.3) is 0 Å². The fraction of sp³-hybridized carbons (Fsp3) is 0.333. The Hall–Kier alpha value is -1.29. The first-order valence-electron chi connectivity index (χ1n) is 5.94. The van der Waals surface area contributed by atoms with Gasteiger partial charge in [-0.05, 0) is 0 Å². The second-order valence-corrected chi connectivity index (χ2v) is 8.99. The van der Waals surface area contributed by atoms with E-state index in [1.807, 2.05) is 37.3 Å². The van der Waals surface area contributed by atoms with Crippen LogP contribution in [0.1, 0.15) is 6.92 Å². The Bertz CT molecular complexity index is 559. The molecule has 98 valence electrons. The van der Waals surface area contributed by atoms with Crippen LogP contribution < -0.4 is 9.05 Å². The van der Waals surface area contributed by atoms with E-state index in [2.05, 4.69) is 0 Å². The molecule has 3 heterocycles. The summed E-state index contributed by atoms with van der Waals surface area (Å²) in [5, 5.41) is 0. The minimum absolute atomic E-state index is 0.366. The molecule has 1 spiro atoms. The van der Waals surface area contributed by atoms with Gasteiger partial charge in [-0.25, -0.2) is 0 Å². The molecule has 0 bridgehead atoms. The van der Waals surface area contributed by atoms with Crippen molar-refractivity contribution in [3.05, 3.63) is 36.1 Å². The molecular weight excluding hydrogens is 255 g/mol. The predicted octanol–water partition coefficient (Wildman–Crippen LogP) is 3.10. The summed E-state index contributed by atoms with van der Waals surface area (Å²) in [6, 6.07) is 7.41. The Kier molecular flexibility index (Phi) is 1.57. The van der Waals surface area contributed by atoms with E-state index in [0.717, 1.165) is 0 Å². The van der Waals surface area contributed by atoms with Gasteiger partial charge < -0.3 is 0 Å². The van der Waals surface area contributed by atoms with Crippen molar-refractivity contribution in [2.45, 2.75) is 6.92 Å². The first-order valence-corrected chi connectivity index (χ1v) is 8.40. The molecule has 0 radical (unpaired) electrons. The molecule has 1 fully saturated rings. The van der Waals surface area contributed by atoms with Gasteiger partial charge in [-0.15, -0.1) is 0 Å². The van der Waals surface area contributed by atoms with Crippen LogP contribution in [0.3, 0.4) is 0 Å². The second kappa shape index (κ2) is 2.67. The molecule has 1 saturated heterocycles. The first kappa shape index (κ1) is 10.6. The summed E-state index contributed by atoms with van der Waals surface area (Å²) in [5.74, 6) is 1.93. The van der Waals surface area contributed by atoms with Crippen molar-refractivity contribution in [3.8, 4) is 11.5 Å². The molecule has 3 aliphatic heterocycles.